The summed E-state index contributed by atoms with van der Waals surface area (Å²) in [6.07, 6.45) is 4.44. The number of ether oxygens (including phenoxy) is 1. The molecule has 2 bridgehead atoms. The largest absolute Gasteiger partial charge is 0.506 e. The average molecular weight is 597 g/mol. The predicted octanol–water partition coefficient (Wildman–Crippen LogP) is 5.60. The number of amides is 1. The van der Waals surface area contributed by atoms with Gasteiger partial charge in [-0.25, -0.2) is 9.97 Å². The number of pyridine rings is 1. The minimum absolute atomic E-state index is 0.0102. The third-order valence-electron chi connectivity index (χ3n) is 9.67. The maximum atomic E-state index is 13.7. The summed E-state index contributed by atoms with van der Waals surface area (Å²) in [6, 6.07) is 15.2. The van der Waals surface area contributed by atoms with E-state index in [4.69, 9.17) is 32.0 Å². The minimum Gasteiger partial charge on any atom is -0.506 e. The van der Waals surface area contributed by atoms with Gasteiger partial charge in [0.25, 0.3) is 5.91 Å². The molecule has 10 heteroatoms. The molecule has 3 fully saturated rings. The Kier molecular flexibility index (Phi) is 6.00. The third-order valence-corrected chi connectivity index (χ3v) is 9.97. The molecular weight excluding hydrogens is 564 g/mol. The van der Waals surface area contributed by atoms with E-state index >= 15 is 0 Å². The van der Waals surface area contributed by atoms with Crippen LogP contribution in [-0.2, 0) is 13.6 Å². The lowest BCUT2D eigenvalue weighted by atomic mass is 10.1. The number of hydrogen-bond donors (Lipinski definition) is 2. The molecule has 2 aliphatic carbocycles. The standard InChI is InChI=1S/C33H33ClN6O3/c1-38-30-24(12-21(14-28(30)43-2)33(42)40-16-20-6-9-25(40)29(20)35)37-32(38)26-13-19-5-8-23(18-7-10-27(41)22(34)11-18)36-31(19)39(26)15-17-3-4-17/h5,7-8,10-14,17,20,25,29,41H,3-4,6,9,15-16,35H2,1-2H3/t20?,25?,29-/m1/s1. The molecule has 3 atom stereocenters. The maximum Gasteiger partial charge on any atom is 0.254 e. The molecule has 1 amide bonds. The van der Waals surface area contributed by atoms with E-state index in [0.29, 0.717) is 40.2 Å². The number of nitrogens with two attached hydrogens (primary N) is 1. The fraction of sp³-hybridized carbons (Fsp3) is 0.364. The van der Waals surface area contributed by atoms with E-state index in [0.717, 1.165) is 58.7 Å². The molecule has 8 rings (SSSR count). The zero-order valence-corrected chi connectivity index (χ0v) is 24.9. The fourth-order valence-electron chi connectivity index (χ4n) is 7.15. The maximum absolute atomic E-state index is 13.7. The van der Waals surface area contributed by atoms with Gasteiger partial charge in [-0.3, -0.25) is 4.79 Å². The van der Waals surface area contributed by atoms with Crippen molar-refractivity contribution in [2.45, 2.75) is 44.3 Å². The van der Waals surface area contributed by atoms with Crippen molar-refractivity contribution in [2.75, 3.05) is 13.7 Å². The number of imidazole rings is 1. The van der Waals surface area contributed by atoms with Gasteiger partial charge in [0.15, 0.2) is 5.82 Å². The summed E-state index contributed by atoms with van der Waals surface area (Å²) in [4.78, 5) is 25.8. The van der Waals surface area contributed by atoms with Crippen LogP contribution in [0.4, 0.5) is 0 Å². The Labute approximate surface area is 253 Å². The molecular formula is C33H33ClN6O3. The van der Waals surface area contributed by atoms with Crippen LogP contribution in [-0.4, -0.2) is 60.8 Å². The summed E-state index contributed by atoms with van der Waals surface area (Å²) in [5.74, 6) is 2.42. The first kappa shape index (κ1) is 26.5. The number of phenols is 1. The highest BCUT2D eigenvalue weighted by Gasteiger charge is 2.47. The van der Waals surface area contributed by atoms with Crippen molar-refractivity contribution < 1.29 is 14.6 Å². The second-order valence-electron chi connectivity index (χ2n) is 12.3. The molecule has 1 aliphatic heterocycles. The highest BCUT2D eigenvalue weighted by atomic mass is 35.5. The van der Waals surface area contributed by atoms with Crippen LogP contribution in [0.15, 0.2) is 48.5 Å². The molecule has 5 aromatic rings. The highest BCUT2D eigenvalue weighted by molar-refractivity contribution is 6.32. The monoisotopic (exact) mass is 596 g/mol. The number of piperidine rings is 1. The number of nitrogens with zero attached hydrogens (tertiary/aromatic N) is 5. The van der Waals surface area contributed by atoms with Crippen molar-refractivity contribution in [3.05, 3.63) is 59.1 Å². The topological polar surface area (TPSA) is 111 Å². The second kappa shape index (κ2) is 9.72. The number of fused-ring (bicyclic) bond motifs is 4. The fourth-order valence-corrected chi connectivity index (χ4v) is 7.33. The van der Waals surface area contributed by atoms with E-state index in [2.05, 4.69) is 21.3 Å². The molecule has 2 aromatic carbocycles. The van der Waals surface area contributed by atoms with Gasteiger partial charge in [-0.05, 0) is 86.1 Å². The van der Waals surface area contributed by atoms with Crippen LogP contribution < -0.4 is 10.5 Å². The Balaban J connectivity index is 1.24. The SMILES string of the molecule is COc1cc(C(=O)N2CC3CCC2[C@@H]3N)cc2nc(-c3cc4ccc(-c5ccc(O)c(Cl)c5)nc4n3CC3CC3)n(C)c12. The summed E-state index contributed by atoms with van der Waals surface area (Å²) >= 11 is 6.21. The van der Waals surface area contributed by atoms with Gasteiger partial charge in [-0.1, -0.05) is 11.6 Å². The quantitative estimate of drug-likeness (QED) is 0.264. The average Bonchev–Trinajstić information content (AvgIpc) is 3.42. The molecule has 2 saturated carbocycles. The number of rotatable bonds is 6. The molecule has 3 N–H and O–H groups in total. The van der Waals surface area contributed by atoms with Crippen molar-refractivity contribution in [2.24, 2.45) is 24.6 Å². The normalized spacial score (nSPS) is 21.4. The lowest BCUT2D eigenvalue weighted by Gasteiger charge is -2.27. The second-order valence-corrected chi connectivity index (χ2v) is 12.7. The van der Waals surface area contributed by atoms with Gasteiger partial charge < -0.3 is 29.6 Å². The number of carbonyl (C=O) groups excluding carboxylic acids is 1. The minimum atomic E-state index is -0.0102. The van der Waals surface area contributed by atoms with Crippen LogP contribution in [0.3, 0.4) is 0 Å². The number of halogens is 1. The molecule has 43 heavy (non-hydrogen) atoms. The van der Waals surface area contributed by atoms with Crippen LogP contribution in [0.5, 0.6) is 11.5 Å². The van der Waals surface area contributed by atoms with E-state index in [1.807, 2.05) is 36.2 Å². The molecule has 9 nitrogen and oxygen atoms in total. The number of aryl methyl sites for hydroxylation is 1. The van der Waals surface area contributed by atoms with Crippen molar-refractivity contribution >= 4 is 39.6 Å². The highest BCUT2D eigenvalue weighted by Crippen LogP contribution is 2.40. The summed E-state index contributed by atoms with van der Waals surface area (Å²) in [7, 11) is 3.62. The van der Waals surface area contributed by atoms with Gasteiger partial charge in [-0.15, -0.1) is 0 Å². The number of carbonyl (C=O) groups is 1. The number of methoxy groups -OCH3 is 1. The Hall–Kier alpha value is -4.08. The first-order chi connectivity index (χ1) is 20.8. The summed E-state index contributed by atoms with van der Waals surface area (Å²) in [5, 5.41) is 11.2. The number of likely N-dealkylation sites (tertiary alicyclic amines) is 1. The molecule has 0 spiro atoms. The molecule has 0 radical (unpaired) electrons. The Morgan fingerprint density at radius 2 is 1.93 bits per heavy atom. The van der Waals surface area contributed by atoms with Crippen molar-refractivity contribution in [3.8, 4) is 34.3 Å². The van der Waals surface area contributed by atoms with Gasteiger partial charge in [0.2, 0.25) is 0 Å². The number of hydrogen-bond acceptors (Lipinski definition) is 6. The van der Waals surface area contributed by atoms with Crippen LogP contribution in [0.1, 0.15) is 36.0 Å². The van der Waals surface area contributed by atoms with E-state index in [-0.39, 0.29) is 23.7 Å². The van der Waals surface area contributed by atoms with Crippen LogP contribution in [0.2, 0.25) is 5.02 Å². The Morgan fingerprint density at radius 1 is 1.09 bits per heavy atom. The number of phenolic OH excluding ortho intramolecular Hbond substituents is 1. The first-order valence-corrected chi connectivity index (χ1v) is 15.3. The van der Waals surface area contributed by atoms with Gasteiger partial charge >= 0.3 is 0 Å². The van der Waals surface area contributed by atoms with E-state index in [1.165, 1.54) is 12.8 Å². The predicted molar refractivity (Wildman–Crippen MR) is 166 cm³/mol. The summed E-state index contributed by atoms with van der Waals surface area (Å²) < 4.78 is 10.2. The van der Waals surface area contributed by atoms with Crippen molar-refractivity contribution in [1.29, 1.82) is 0 Å². The van der Waals surface area contributed by atoms with E-state index in [1.54, 1.807) is 19.2 Å². The Morgan fingerprint density at radius 3 is 2.63 bits per heavy atom. The smallest absolute Gasteiger partial charge is 0.254 e. The van der Waals surface area contributed by atoms with Crippen LogP contribution in [0.25, 0.3) is 44.8 Å². The van der Waals surface area contributed by atoms with Gasteiger partial charge in [0, 0.05) is 48.7 Å². The molecule has 220 valence electrons. The van der Waals surface area contributed by atoms with E-state index in [9.17, 15) is 9.90 Å². The van der Waals surface area contributed by atoms with Gasteiger partial charge in [0.05, 0.1) is 29.0 Å². The lowest BCUT2D eigenvalue weighted by Crippen LogP contribution is -2.41. The summed E-state index contributed by atoms with van der Waals surface area (Å²) in [5.41, 5.74) is 12.0. The van der Waals surface area contributed by atoms with E-state index < -0.39 is 0 Å². The first-order valence-electron chi connectivity index (χ1n) is 14.9. The van der Waals surface area contributed by atoms with Crippen LogP contribution in [0, 0.1) is 11.8 Å². The van der Waals surface area contributed by atoms with Crippen molar-refractivity contribution in [3.63, 3.8) is 0 Å². The van der Waals surface area contributed by atoms with Crippen molar-refractivity contribution in [1.82, 2.24) is 24.0 Å². The molecule has 3 aliphatic rings. The molecule has 4 heterocycles. The van der Waals surface area contributed by atoms with Gasteiger partial charge in [0.1, 0.15) is 22.7 Å². The molecule has 3 aromatic heterocycles. The summed E-state index contributed by atoms with van der Waals surface area (Å²) in [6.45, 7) is 1.55. The lowest BCUT2D eigenvalue weighted by molar-refractivity contribution is 0.0700. The Bertz CT molecular complexity index is 1940. The number of aromatic hydroxyl groups is 1. The van der Waals surface area contributed by atoms with Gasteiger partial charge in [-0.2, -0.15) is 0 Å². The third kappa shape index (κ3) is 4.20. The zero-order chi connectivity index (χ0) is 29.6. The molecule has 1 saturated heterocycles. The molecule has 2 unspecified atom stereocenters. The zero-order valence-electron chi connectivity index (χ0n) is 24.1. The number of aromatic nitrogens is 4. The van der Waals surface area contributed by atoms with Crippen LogP contribution >= 0.6 is 11.6 Å². The number of benzene rings is 2.